The van der Waals surface area contributed by atoms with Crippen molar-refractivity contribution in [1.29, 1.82) is 0 Å². The van der Waals surface area contributed by atoms with E-state index in [2.05, 4.69) is 11.4 Å². The monoisotopic (exact) mass is 439 g/mol. The van der Waals surface area contributed by atoms with Crippen molar-refractivity contribution in [2.45, 2.75) is 96.5 Å². The van der Waals surface area contributed by atoms with Crippen molar-refractivity contribution in [2.75, 3.05) is 26.4 Å². The van der Waals surface area contributed by atoms with Crippen LogP contribution in [0.15, 0.2) is 0 Å². The fraction of sp³-hybridized carbons (Fsp3) is 0.950. The van der Waals surface area contributed by atoms with Gasteiger partial charge in [0.25, 0.3) is 0 Å². The number of esters is 1. The summed E-state index contributed by atoms with van der Waals surface area (Å²) in [7, 11) is -4.25. The van der Waals surface area contributed by atoms with Crippen LogP contribution >= 0.6 is 7.82 Å². The van der Waals surface area contributed by atoms with Crippen LogP contribution in [-0.2, 0) is 23.1 Å². The van der Waals surface area contributed by atoms with E-state index in [-0.39, 0.29) is 19.6 Å². The van der Waals surface area contributed by atoms with Crippen LogP contribution in [0.1, 0.15) is 90.4 Å². The number of phosphoric acid groups is 1. The van der Waals surface area contributed by atoms with Crippen molar-refractivity contribution >= 4 is 13.8 Å². The van der Waals surface area contributed by atoms with Gasteiger partial charge in [-0.15, -0.1) is 0 Å². The molecular weight excluding hydrogens is 397 g/mol. The normalized spacial score (nSPS) is 14.5. The van der Waals surface area contributed by atoms with Crippen molar-refractivity contribution in [3.05, 3.63) is 0 Å². The molecule has 0 amide bonds. The molecule has 0 aliphatic carbocycles. The van der Waals surface area contributed by atoms with Gasteiger partial charge in [0.2, 0.25) is 0 Å². The third kappa shape index (κ3) is 19.2. The molecule has 29 heavy (non-hydrogen) atoms. The molecule has 0 saturated carbocycles. The second-order valence-corrected chi connectivity index (χ2v) is 8.77. The number of carbonyl (C=O) groups is 1. The number of unbranched alkanes of at least 4 members (excludes halogenated alkanes) is 11. The van der Waals surface area contributed by atoms with E-state index in [4.69, 9.17) is 15.0 Å². The molecule has 0 fully saturated rings. The maximum atomic E-state index is 11.8. The summed E-state index contributed by atoms with van der Waals surface area (Å²) in [4.78, 5) is 21.2. The lowest BCUT2D eigenvalue weighted by molar-refractivity contribution is -0.153. The molecule has 0 spiro atoms. The van der Waals surface area contributed by atoms with E-state index >= 15 is 0 Å². The summed E-state index contributed by atoms with van der Waals surface area (Å²) in [6, 6.07) is 0. The molecule has 8 nitrogen and oxygen atoms in total. The summed E-state index contributed by atoms with van der Waals surface area (Å²) >= 11 is 0. The SMILES string of the molecule is CCCCCCCCCCCCCCC(=O)O[C@@H](CO)COP(=O)(O)OCCN. The maximum Gasteiger partial charge on any atom is 0.472 e. The highest BCUT2D eigenvalue weighted by Crippen LogP contribution is 2.42. The molecule has 0 radical (unpaired) electrons. The second kappa shape index (κ2) is 19.5. The topological polar surface area (TPSA) is 128 Å². The third-order valence-electron chi connectivity index (χ3n) is 4.53. The molecule has 174 valence electrons. The fourth-order valence-corrected chi connectivity index (χ4v) is 3.63. The lowest BCUT2D eigenvalue weighted by Crippen LogP contribution is -2.27. The van der Waals surface area contributed by atoms with Crippen LogP contribution in [0.5, 0.6) is 0 Å². The minimum atomic E-state index is -4.25. The predicted molar refractivity (Wildman–Crippen MR) is 113 cm³/mol. The van der Waals surface area contributed by atoms with E-state index < -0.39 is 33.1 Å². The molecule has 0 aromatic heterocycles. The van der Waals surface area contributed by atoms with Gasteiger partial charge in [0, 0.05) is 13.0 Å². The van der Waals surface area contributed by atoms with Crippen LogP contribution < -0.4 is 5.73 Å². The maximum absolute atomic E-state index is 11.8. The standard InChI is InChI=1S/C20H42NO7P/c1-2-3-4-5-6-7-8-9-10-11-12-13-14-20(23)28-19(17-22)18-27-29(24,25)26-16-15-21/h19,22H,2-18,21H2,1H3,(H,24,25)/t19-/m0/s1. The first-order valence-corrected chi connectivity index (χ1v) is 12.6. The third-order valence-corrected chi connectivity index (χ3v) is 5.52. The minimum absolute atomic E-state index is 0.0748. The van der Waals surface area contributed by atoms with Crippen molar-refractivity contribution in [2.24, 2.45) is 5.73 Å². The first-order valence-electron chi connectivity index (χ1n) is 11.1. The number of nitrogens with two attached hydrogens (primary N) is 1. The second-order valence-electron chi connectivity index (χ2n) is 7.32. The minimum Gasteiger partial charge on any atom is -0.457 e. The molecule has 0 aliphatic rings. The number of carbonyl (C=O) groups excluding carboxylic acids is 1. The van der Waals surface area contributed by atoms with Crippen LogP contribution in [0.2, 0.25) is 0 Å². The highest BCUT2D eigenvalue weighted by atomic mass is 31.2. The van der Waals surface area contributed by atoms with Crippen LogP contribution in [-0.4, -0.2) is 48.4 Å². The van der Waals surface area contributed by atoms with Gasteiger partial charge in [0.05, 0.1) is 19.8 Å². The average Bonchev–Trinajstić information content (AvgIpc) is 2.70. The summed E-state index contributed by atoms with van der Waals surface area (Å²) in [6.07, 6.45) is 13.8. The number of hydrogen-bond acceptors (Lipinski definition) is 7. The van der Waals surface area contributed by atoms with Gasteiger partial charge in [0.15, 0.2) is 0 Å². The van der Waals surface area contributed by atoms with Crippen LogP contribution in [0.25, 0.3) is 0 Å². The summed E-state index contributed by atoms with van der Waals surface area (Å²) in [6.45, 7) is 1.26. The van der Waals surface area contributed by atoms with Crippen molar-refractivity contribution in [1.82, 2.24) is 0 Å². The summed E-state index contributed by atoms with van der Waals surface area (Å²) < 4.78 is 25.9. The summed E-state index contributed by atoms with van der Waals surface area (Å²) in [5, 5.41) is 9.23. The molecule has 0 aliphatic heterocycles. The van der Waals surface area contributed by atoms with Gasteiger partial charge in [-0.25, -0.2) is 4.57 Å². The number of aliphatic hydroxyl groups excluding tert-OH is 1. The van der Waals surface area contributed by atoms with Gasteiger partial charge in [-0.1, -0.05) is 77.6 Å². The largest absolute Gasteiger partial charge is 0.472 e. The van der Waals surface area contributed by atoms with Gasteiger partial charge in [0.1, 0.15) is 6.10 Å². The first kappa shape index (κ1) is 28.5. The van der Waals surface area contributed by atoms with E-state index in [0.717, 1.165) is 19.3 Å². The Hall–Kier alpha value is -0.500. The van der Waals surface area contributed by atoms with E-state index in [1.54, 1.807) is 0 Å². The molecule has 4 N–H and O–H groups in total. The molecular formula is C20H42NO7P. The Bertz CT molecular complexity index is 437. The zero-order valence-electron chi connectivity index (χ0n) is 18.1. The number of phosphoric ester groups is 1. The van der Waals surface area contributed by atoms with Gasteiger partial charge < -0.3 is 20.5 Å². The summed E-state index contributed by atoms with van der Waals surface area (Å²) in [5.74, 6) is -0.449. The van der Waals surface area contributed by atoms with Crippen LogP contribution in [0.3, 0.4) is 0 Å². The van der Waals surface area contributed by atoms with Crippen LogP contribution in [0.4, 0.5) is 0 Å². The van der Waals surface area contributed by atoms with E-state index in [1.165, 1.54) is 57.8 Å². The highest BCUT2D eigenvalue weighted by Gasteiger charge is 2.24. The zero-order valence-corrected chi connectivity index (χ0v) is 19.0. The molecule has 0 heterocycles. The van der Waals surface area contributed by atoms with Crippen molar-refractivity contribution in [3.63, 3.8) is 0 Å². The molecule has 1 unspecified atom stereocenters. The zero-order chi connectivity index (χ0) is 21.8. The Morgan fingerprint density at radius 2 is 1.45 bits per heavy atom. The Kier molecular flexibility index (Phi) is 19.1. The lowest BCUT2D eigenvalue weighted by atomic mass is 10.0. The van der Waals surface area contributed by atoms with Gasteiger partial charge in [-0.3, -0.25) is 13.8 Å². The van der Waals surface area contributed by atoms with Gasteiger partial charge in [-0.2, -0.15) is 0 Å². The van der Waals surface area contributed by atoms with Gasteiger partial charge in [-0.05, 0) is 6.42 Å². The molecule has 0 aromatic rings. The Balaban J connectivity index is 3.65. The molecule has 2 atom stereocenters. The van der Waals surface area contributed by atoms with Crippen LogP contribution in [0, 0.1) is 0 Å². The van der Waals surface area contributed by atoms with E-state index in [9.17, 15) is 19.4 Å². The average molecular weight is 440 g/mol. The molecule has 0 bridgehead atoms. The Morgan fingerprint density at radius 1 is 0.931 bits per heavy atom. The number of rotatable bonds is 21. The van der Waals surface area contributed by atoms with Gasteiger partial charge >= 0.3 is 13.8 Å². The molecule has 9 heteroatoms. The summed E-state index contributed by atoms with van der Waals surface area (Å²) in [5.41, 5.74) is 5.18. The predicted octanol–water partition coefficient (Wildman–Crippen LogP) is 4.07. The smallest absolute Gasteiger partial charge is 0.457 e. The Morgan fingerprint density at radius 3 is 1.93 bits per heavy atom. The molecule has 0 saturated heterocycles. The number of hydrogen-bond donors (Lipinski definition) is 3. The number of ether oxygens (including phenoxy) is 1. The van der Waals surface area contributed by atoms with E-state index in [0.29, 0.717) is 0 Å². The lowest BCUT2D eigenvalue weighted by Gasteiger charge is -2.17. The number of aliphatic hydroxyl groups is 1. The first-order chi connectivity index (χ1) is 13.9. The quantitative estimate of drug-likeness (QED) is 0.139. The Labute approximate surface area is 176 Å². The molecule has 0 aromatic carbocycles. The van der Waals surface area contributed by atoms with Crippen molar-refractivity contribution < 1.29 is 33.1 Å². The highest BCUT2D eigenvalue weighted by molar-refractivity contribution is 7.47. The van der Waals surface area contributed by atoms with E-state index in [1.807, 2.05) is 0 Å². The molecule has 0 rings (SSSR count). The van der Waals surface area contributed by atoms with Crippen molar-refractivity contribution in [3.8, 4) is 0 Å². The fourth-order valence-electron chi connectivity index (χ4n) is 2.86.